The summed E-state index contributed by atoms with van der Waals surface area (Å²) >= 11 is 5.98. The Morgan fingerprint density at radius 3 is 2.42 bits per heavy atom. The second-order valence-corrected chi connectivity index (χ2v) is 5.67. The molecule has 1 aromatic heterocycles. The van der Waals surface area contributed by atoms with Gasteiger partial charge in [-0.05, 0) is 24.3 Å². The van der Waals surface area contributed by atoms with Gasteiger partial charge in [-0.3, -0.25) is 19.7 Å². The van der Waals surface area contributed by atoms with Crippen molar-refractivity contribution in [3.8, 4) is 0 Å². The first kappa shape index (κ1) is 17.4. The van der Waals surface area contributed by atoms with Gasteiger partial charge in [0, 0.05) is 16.1 Å². The van der Waals surface area contributed by atoms with Crippen LogP contribution >= 0.6 is 11.6 Å². The number of hydrogen-bond donors (Lipinski definition) is 1. The highest BCUT2D eigenvalue weighted by atomic mass is 35.5. The summed E-state index contributed by atoms with van der Waals surface area (Å²) in [7, 11) is 0. The smallest absolute Gasteiger partial charge is 0.395 e. The van der Waals surface area contributed by atoms with E-state index in [4.69, 9.17) is 16.0 Å². The van der Waals surface area contributed by atoms with Gasteiger partial charge in [0.2, 0.25) is 0 Å². The molecule has 3 aromatic rings. The van der Waals surface area contributed by atoms with Gasteiger partial charge in [-0.25, -0.2) is 0 Å². The zero-order chi connectivity index (χ0) is 18.7. The van der Waals surface area contributed by atoms with Gasteiger partial charge in [0.15, 0.2) is 11.5 Å². The summed E-state index contributed by atoms with van der Waals surface area (Å²) in [4.78, 5) is 34.9. The van der Waals surface area contributed by atoms with Crippen molar-refractivity contribution in [1.29, 1.82) is 0 Å². The first-order chi connectivity index (χ1) is 12.5. The topological polar surface area (TPSA) is 102 Å². The Kier molecular flexibility index (Phi) is 4.81. The van der Waals surface area contributed by atoms with Crippen molar-refractivity contribution in [3.63, 3.8) is 0 Å². The number of nitrogens with one attached hydrogen (secondary N) is 1. The van der Waals surface area contributed by atoms with E-state index in [1.165, 1.54) is 24.3 Å². The maximum atomic E-state index is 12.7. The van der Waals surface area contributed by atoms with Gasteiger partial charge in [-0.2, -0.15) is 0 Å². The molecule has 130 valence electrons. The number of nitro groups is 1. The van der Waals surface area contributed by atoms with Gasteiger partial charge in [-0.15, -0.1) is 0 Å². The van der Waals surface area contributed by atoms with E-state index < -0.39 is 16.7 Å². The zero-order valence-electron chi connectivity index (χ0n) is 13.1. The Labute approximate surface area is 152 Å². The highest BCUT2D eigenvalue weighted by Crippen LogP contribution is 2.25. The number of amides is 1. The molecule has 1 N–H and O–H groups in total. The van der Waals surface area contributed by atoms with E-state index in [1.54, 1.807) is 30.3 Å². The van der Waals surface area contributed by atoms with Crippen molar-refractivity contribution in [2.24, 2.45) is 0 Å². The van der Waals surface area contributed by atoms with Crippen LogP contribution in [0, 0.1) is 10.1 Å². The van der Waals surface area contributed by atoms with Crippen molar-refractivity contribution in [2.45, 2.75) is 0 Å². The highest BCUT2D eigenvalue weighted by molar-refractivity contribution is 6.31. The molecule has 0 aliphatic heterocycles. The number of carbonyl (C=O) groups is 2. The molecule has 0 spiro atoms. The highest BCUT2D eigenvalue weighted by Gasteiger charge is 2.20. The number of halogens is 1. The minimum atomic E-state index is -0.747. The maximum Gasteiger partial charge on any atom is 0.433 e. The SMILES string of the molecule is O=C(Nc1ccc(Cl)cc1C(=O)c1ccccc1)c1ccc([N+](=O)[O-])o1. The molecule has 1 amide bonds. The fraction of sp³-hybridized carbons (Fsp3) is 0. The van der Waals surface area contributed by atoms with Gasteiger partial charge >= 0.3 is 5.88 Å². The van der Waals surface area contributed by atoms with Crippen LogP contribution in [-0.2, 0) is 0 Å². The molecule has 0 aliphatic rings. The van der Waals surface area contributed by atoms with Gasteiger partial charge in [0.05, 0.1) is 11.8 Å². The zero-order valence-corrected chi connectivity index (χ0v) is 13.9. The van der Waals surface area contributed by atoms with Crippen LogP contribution in [0.4, 0.5) is 11.6 Å². The summed E-state index contributed by atoms with van der Waals surface area (Å²) in [6, 6.07) is 15.2. The number of carbonyl (C=O) groups excluding carboxylic acids is 2. The number of ketones is 1. The number of anilines is 1. The van der Waals surface area contributed by atoms with Gasteiger partial charge < -0.3 is 9.73 Å². The van der Waals surface area contributed by atoms with Crippen LogP contribution in [0.1, 0.15) is 26.5 Å². The standard InChI is InChI=1S/C18H11ClN2O5/c19-12-6-7-14(13(10-12)17(22)11-4-2-1-3-5-11)20-18(23)15-8-9-16(26-15)21(24)25/h1-10H,(H,20,23). The third-order valence-corrected chi connectivity index (χ3v) is 3.74. The van der Waals surface area contributed by atoms with Crippen LogP contribution in [0.15, 0.2) is 65.1 Å². The third kappa shape index (κ3) is 3.62. The van der Waals surface area contributed by atoms with Crippen molar-refractivity contribution >= 4 is 34.9 Å². The summed E-state index contributed by atoms with van der Waals surface area (Å²) < 4.78 is 4.87. The second-order valence-electron chi connectivity index (χ2n) is 5.23. The molecule has 1 heterocycles. The molecule has 0 atom stereocenters. The first-order valence-corrected chi connectivity index (χ1v) is 7.78. The molecule has 0 fully saturated rings. The molecule has 2 aromatic carbocycles. The molecular weight excluding hydrogens is 360 g/mol. The van der Waals surface area contributed by atoms with Crippen molar-refractivity contribution in [3.05, 3.63) is 92.7 Å². The molecule has 7 nitrogen and oxygen atoms in total. The van der Waals surface area contributed by atoms with E-state index in [1.807, 2.05) is 0 Å². The average Bonchev–Trinajstić information content (AvgIpc) is 3.14. The first-order valence-electron chi connectivity index (χ1n) is 7.40. The Bertz CT molecular complexity index is 998. The maximum absolute atomic E-state index is 12.7. The lowest BCUT2D eigenvalue weighted by atomic mass is 10.0. The molecule has 0 bridgehead atoms. The van der Waals surface area contributed by atoms with E-state index in [-0.39, 0.29) is 22.8 Å². The average molecular weight is 371 g/mol. The third-order valence-electron chi connectivity index (χ3n) is 3.51. The van der Waals surface area contributed by atoms with Crippen LogP contribution in [0.3, 0.4) is 0 Å². The molecule has 8 heteroatoms. The molecular formula is C18H11ClN2O5. The lowest BCUT2D eigenvalue weighted by Gasteiger charge is -2.10. The summed E-state index contributed by atoms with van der Waals surface area (Å²) in [6.45, 7) is 0. The largest absolute Gasteiger partial charge is 0.433 e. The van der Waals surface area contributed by atoms with Gasteiger partial charge in [-0.1, -0.05) is 41.9 Å². The number of nitrogens with zero attached hydrogens (tertiary/aromatic N) is 1. The summed E-state index contributed by atoms with van der Waals surface area (Å²) in [5.74, 6) is -1.84. The van der Waals surface area contributed by atoms with Crippen LogP contribution in [-0.4, -0.2) is 16.6 Å². The number of hydrogen-bond acceptors (Lipinski definition) is 5. The fourth-order valence-electron chi connectivity index (χ4n) is 2.29. The Morgan fingerprint density at radius 2 is 1.77 bits per heavy atom. The lowest BCUT2D eigenvalue weighted by molar-refractivity contribution is -0.402. The van der Waals surface area contributed by atoms with E-state index in [0.29, 0.717) is 10.6 Å². The molecule has 0 unspecified atom stereocenters. The predicted octanol–water partition coefficient (Wildman–Crippen LogP) is 4.32. The summed E-state index contributed by atoms with van der Waals surface area (Å²) in [5, 5.41) is 13.5. The molecule has 0 saturated heterocycles. The number of furan rings is 1. The van der Waals surface area contributed by atoms with Crippen LogP contribution in [0.5, 0.6) is 0 Å². The van der Waals surface area contributed by atoms with Gasteiger partial charge in [0.25, 0.3) is 5.91 Å². The van der Waals surface area contributed by atoms with Crippen molar-refractivity contribution in [2.75, 3.05) is 5.32 Å². The molecule has 26 heavy (non-hydrogen) atoms. The molecule has 3 rings (SSSR count). The Hall–Kier alpha value is -3.45. The fourth-order valence-corrected chi connectivity index (χ4v) is 2.46. The summed E-state index contributed by atoms with van der Waals surface area (Å²) in [5.41, 5.74) is 0.837. The lowest BCUT2D eigenvalue weighted by Crippen LogP contribution is -2.14. The van der Waals surface area contributed by atoms with Crippen LogP contribution in [0.25, 0.3) is 0 Å². The van der Waals surface area contributed by atoms with E-state index >= 15 is 0 Å². The van der Waals surface area contributed by atoms with Crippen LogP contribution < -0.4 is 5.32 Å². The van der Waals surface area contributed by atoms with E-state index in [2.05, 4.69) is 5.32 Å². The monoisotopic (exact) mass is 370 g/mol. The number of rotatable bonds is 5. The van der Waals surface area contributed by atoms with Crippen LogP contribution in [0.2, 0.25) is 5.02 Å². The van der Waals surface area contributed by atoms with Crippen molar-refractivity contribution < 1.29 is 18.9 Å². The van der Waals surface area contributed by atoms with Crippen molar-refractivity contribution in [1.82, 2.24) is 0 Å². The van der Waals surface area contributed by atoms with E-state index in [9.17, 15) is 19.7 Å². The minimum absolute atomic E-state index is 0.193. The molecule has 0 radical (unpaired) electrons. The molecule has 0 aliphatic carbocycles. The second kappa shape index (κ2) is 7.20. The number of benzene rings is 2. The quantitative estimate of drug-likeness (QED) is 0.409. The Morgan fingerprint density at radius 1 is 1.04 bits per heavy atom. The normalized spacial score (nSPS) is 10.3. The van der Waals surface area contributed by atoms with Gasteiger partial charge in [0.1, 0.15) is 4.92 Å². The summed E-state index contributed by atoms with van der Waals surface area (Å²) in [6.07, 6.45) is 0. The van der Waals surface area contributed by atoms with E-state index in [0.717, 1.165) is 6.07 Å². The molecule has 0 saturated carbocycles. The predicted molar refractivity (Wildman–Crippen MR) is 94.6 cm³/mol. The minimum Gasteiger partial charge on any atom is -0.395 e. The Balaban J connectivity index is 1.91.